The summed E-state index contributed by atoms with van der Waals surface area (Å²) in [7, 11) is 0. The molecule has 2 unspecified atom stereocenters. The van der Waals surface area contributed by atoms with Gasteiger partial charge in [-0.15, -0.1) is 0 Å². The molecule has 2 aliphatic carbocycles. The van der Waals surface area contributed by atoms with Crippen LogP contribution in [0.25, 0.3) is 0 Å². The van der Waals surface area contributed by atoms with Crippen LogP contribution in [-0.4, -0.2) is 0 Å². The zero-order valence-electron chi connectivity index (χ0n) is 11.2. The highest BCUT2D eigenvalue weighted by Gasteiger charge is 2.36. The molecule has 0 saturated heterocycles. The molecule has 0 nitrogen and oxygen atoms in total. The molecular weight excluding hydrogens is 216 g/mol. The second-order valence-corrected chi connectivity index (χ2v) is 5.52. The summed E-state index contributed by atoms with van der Waals surface area (Å²) in [6.07, 6.45) is 14.0. The van der Waals surface area contributed by atoms with Gasteiger partial charge in [-0.05, 0) is 24.0 Å². The quantitative estimate of drug-likeness (QED) is 0.480. The smallest absolute Gasteiger partial charge is 0.0241 e. The lowest BCUT2D eigenvalue weighted by Gasteiger charge is -2.07. The molecule has 18 heavy (non-hydrogen) atoms. The number of benzene rings is 1. The van der Waals surface area contributed by atoms with Crippen LogP contribution in [0.5, 0.6) is 0 Å². The van der Waals surface area contributed by atoms with Gasteiger partial charge in [-0.25, -0.2) is 0 Å². The summed E-state index contributed by atoms with van der Waals surface area (Å²) in [6.45, 7) is 2.27. The van der Waals surface area contributed by atoms with E-state index in [0.29, 0.717) is 11.8 Å². The maximum absolute atomic E-state index is 2.52. The van der Waals surface area contributed by atoms with Gasteiger partial charge in [-0.3, -0.25) is 0 Å². The van der Waals surface area contributed by atoms with Crippen LogP contribution in [0, 0.1) is 0 Å². The van der Waals surface area contributed by atoms with Gasteiger partial charge in [0.2, 0.25) is 0 Å². The normalized spacial score (nSPS) is 23.5. The first-order valence-corrected chi connectivity index (χ1v) is 7.39. The van der Waals surface area contributed by atoms with E-state index in [1.165, 1.54) is 32.1 Å². The summed E-state index contributed by atoms with van der Waals surface area (Å²) in [5.74, 6) is 1.19. The Morgan fingerprint density at radius 2 is 1.61 bits per heavy atom. The van der Waals surface area contributed by atoms with E-state index in [0.717, 1.165) is 0 Å². The Morgan fingerprint density at radius 1 is 0.944 bits per heavy atom. The van der Waals surface area contributed by atoms with Crippen LogP contribution in [0.3, 0.4) is 0 Å². The third-order valence-corrected chi connectivity index (χ3v) is 4.32. The number of allylic oxidation sites excluding steroid dienone is 4. The predicted octanol–water partition coefficient (Wildman–Crippen LogP) is 5.33. The van der Waals surface area contributed by atoms with E-state index >= 15 is 0 Å². The largest absolute Gasteiger partial charge is 0.0835 e. The first-order chi connectivity index (χ1) is 8.92. The zero-order valence-corrected chi connectivity index (χ0v) is 11.2. The Hall–Kier alpha value is -1.30. The highest BCUT2D eigenvalue weighted by Crippen LogP contribution is 2.52. The van der Waals surface area contributed by atoms with Gasteiger partial charge in [0.05, 0.1) is 0 Å². The van der Waals surface area contributed by atoms with Gasteiger partial charge in [0.15, 0.2) is 0 Å². The number of rotatable bonds is 5. The van der Waals surface area contributed by atoms with E-state index in [1.807, 2.05) is 0 Å². The molecule has 2 aliphatic rings. The lowest BCUT2D eigenvalue weighted by molar-refractivity contribution is 0.672. The van der Waals surface area contributed by atoms with E-state index in [4.69, 9.17) is 0 Å². The molecule has 0 saturated carbocycles. The average molecular weight is 238 g/mol. The number of hydrogen-bond acceptors (Lipinski definition) is 0. The van der Waals surface area contributed by atoms with Crippen molar-refractivity contribution < 1.29 is 0 Å². The van der Waals surface area contributed by atoms with Crippen molar-refractivity contribution in [3.8, 4) is 0 Å². The van der Waals surface area contributed by atoms with Crippen LogP contribution in [0.1, 0.15) is 62.0 Å². The summed E-state index contributed by atoms with van der Waals surface area (Å²) in [4.78, 5) is 0. The molecule has 94 valence electrons. The van der Waals surface area contributed by atoms with Crippen LogP contribution in [0.4, 0.5) is 0 Å². The minimum absolute atomic E-state index is 0.595. The van der Waals surface area contributed by atoms with Crippen molar-refractivity contribution in [3.63, 3.8) is 0 Å². The van der Waals surface area contributed by atoms with Crippen LogP contribution in [0.15, 0.2) is 48.1 Å². The standard InChI is InChI=1S/C18H22/c1-2-3-4-5-6-9-16-17-12-13-18(16)15-11-8-7-10-14(15)17/h7-13,17-18H,2-6H2,1H3. The summed E-state index contributed by atoms with van der Waals surface area (Å²) in [5, 5.41) is 0. The number of hydrogen-bond donors (Lipinski definition) is 0. The Balaban J connectivity index is 1.69. The van der Waals surface area contributed by atoms with Crippen molar-refractivity contribution in [1.29, 1.82) is 0 Å². The van der Waals surface area contributed by atoms with Crippen molar-refractivity contribution in [3.05, 3.63) is 59.2 Å². The number of fused-ring (bicyclic) bond motifs is 5. The third kappa shape index (κ3) is 1.94. The van der Waals surface area contributed by atoms with E-state index in [-0.39, 0.29) is 0 Å². The molecule has 0 amide bonds. The Morgan fingerprint density at radius 3 is 2.22 bits per heavy atom. The van der Waals surface area contributed by atoms with Gasteiger partial charge >= 0.3 is 0 Å². The molecule has 3 rings (SSSR count). The zero-order chi connectivity index (χ0) is 12.4. The molecular formula is C18H22. The van der Waals surface area contributed by atoms with Gasteiger partial charge in [0, 0.05) is 11.8 Å². The van der Waals surface area contributed by atoms with Crippen molar-refractivity contribution in [2.45, 2.75) is 50.9 Å². The Kier molecular flexibility index (Phi) is 3.36. The third-order valence-electron chi connectivity index (χ3n) is 4.32. The summed E-state index contributed by atoms with van der Waals surface area (Å²) in [6, 6.07) is 8.95. The van der Waals surface area contributed by atoms with E-state index < -0.39 is 0 Å². The van der Waals surface area contributed by atoms with Crippen LogP contribution in [0.2, 0.25) is 0 Å². The second-order valence-electron chi connectivity index (χ2n) is 5.52. The Bertz CT molecular complexity index is 444. The lowest BCUT2D eigenvalue weighted by atomic mass is 9.97. The molecule has 0 spiro atoms. The van der Waals surface area contributed by atoms with Gasteiger partial charge in [0.25, 0.3) is 0 Å². The van der Waals surface area contributed by atoms with Gasteiger partial charge in [-0.2, -0.15) is 0 Å². The fourth-order valence-corrected chi connectivity index (χ4v) is 3.38. The molecule has 0 heteroatoms. The van der Waals surface area contributed by atoms with Crippen molar-refractivity contribution in [2.75, 3.05) is 0 Å². The maximum atomic E-state index is 2.52. The van der Waals surface area contributed by atoms with Crippen molar-refractivity contribution in [1.82, 2.24) is 0 Å². The first kappa shape index (κ1) is 11.8. The van der Waals surface area contributed by atoms with Crippen LogP contribution >= 0.6 is 0 Å². The predicted molar refractivity (Wildman–Crippen MR) is 77.9 cm³/mol. The SMILES string of the molecule is CCCCCCC=C1C2C=CC1c1ccccc12. The molecule has 0 fully saturated rings. The molecule has 2 atom stereocenters. The summed E-state index contributed by atoms with van der Waals surface area (Å²) >= 11 is 0. The molecule has 2 bridgehead atoms. The molecule has 0 radical (unpaired) electrons. The lowest BCUT2D eigenvalue weighted by Crippen LogP contribution is -1.90. The average Bonchev–Trinajstić information content (AvgIpc) is 2.95. The highest BCUT2D eigenvalue weighted by molar-refractivity contribution is 5.59. The second kappa shape index (κ2) is 5.14. The highest BCUT2D eigenvalue weighted by atomic mass is 14.4. The molecule has 0 heterocycles. The monoisotopic (exact) mass is 238 g/mol. The van der Waals surface area contributed by atoms with E-state index in [9.17, 15) is 0 Å². The topological polar surface area (TPSA) is 0 Å². The maximum Gasteiger partial charge on any atom is 0.0241 e. The number of unbranched alkanes of at least 4 members (excludes halogenated alkanes) is 4. The van der Waals surface area contributed by atoms with Crippen LogP contribution in [-0.2, 0) is 0 Å². The first-order valence-electron chi connectivity index (χ1n) is 7.39. The molecule has 0 aliphatic heterocycles. The minimum Gasteiger partial charge on any atom is -0.0835 e. The molecule has 1 aromatic carbocycles. The Labute approximate surface area is 110 Å². The van der Waals surface area contributed by atoms with Gasteiger partial charge < -0.3 is 0 Å². The fourth-order valence-electron chi connectivity index (χ4n) is 3.38. The fraction of sp³-hybridized carbons (Fsp3) is 0.444. The minimum atomic E-state index is 0.595. The van der Waals surface area contributed by atoms with E-state index in [2.05, 4.69) is 49.4 Å². The summed E-state index contributed by atoms with van der Waals surface area (Å²) < 4.78 is 0. The van der Waals surface area contributed by atoms with Gasteiger partial charge in [0.1, 0.15) is 0 Å². The van der Waals surface area contributed by atoms with E-state index in [1.54, 1.807) is 16.7 Å². The van der Waals surface area contributed by atoms with Crippen molar-refractivity contribution >= 4 is 0 Å². The van der Waals surface area contributed by atoms with Crippen molar-refractivity contribution in [2.24, 2.45) is 0 Å². The van der Waals surface area contributed by atoms with Gasteiger partial charge in [-0.1, -0.05) is 74.3 Å². The molecule has 0 aromatic heterocycles. The summed E-state index contributed by atoms with van der Waals surface area (Å²) in [5.41, 5.74) is 4.74. The molecule has 1 aromatic rings. The molecule has 0 N–H and O–H groups in total. The van der Waals surface area contributed by atoms with Crippen LogP contribution < -0.4 is 0 Å².